The number of carboxylic acid groups (broad SMARTS) is 1. The highest BCUT2D eigenvalue weighted by Crippen LogP contribution is 2.32. The molecule has 144 valence electrons. The van der Waals surface area contributed by atoms with Gasteiger partial charge in [0, 0.05) is 23.4 Å². The van der Waals surface area contributed by atoms with Crippen LogP contribution in [0.2, 0.25) is 0 Å². The van der Waals surface area contributed by atoms with E-state index in [9.17, 15) is 19.8 Å². The minimum atomic E-state index is -1.12. The topological polar surface area (TPSA) is 109 Å². The number of fused-ring (bicyclic) bond motifs is 1. The molecular formula is C19H22N2O6. The number of carbonyl (C=O) groups excluding carboxylic acids is 1. The van der Waals surface area contributed by atoms with Crippen molar-refractivity contribution in [1.82, 2.24) is 9.88 Å². The van der Waals surface area contributed by atoms with Gasteiger partial charge in [-0.2, -0.15) is 0 Å². The minimum absolute atomic E-state index is 0.0722. The second-order valence-electron chi connectivity index (χ2n) is 7.45. The highest BCUT2D eigenvalue weighted by molar-refractivity contribution is 5.91. The fourth-order valence-corrected chi connectivity index (χ4v) is 3.05. The standard InChI is InChI=1S/C19H22N2O6/c1-19(2,3)27-18(25)21-10-11(9-14(21)17(23)24)26-16-13-5-4-6-15(22)12(13)7-8-20-16/h4-8,11,14,22H,9-10H2,1-3H3,(H,23,24)/t11-,14+/m1/s1. The van der Waals surface area contributed by atoms with Crippen LogP contribution in [0.3, 0.4) is 0 Å². The number of phenolic OH excluding ortho intramolecular Hbond substituents is 1. The Kier molecular flexibility index (Phi) is 4.82. The number of likely N-dealkylation sites (tertiary alicyclic amines) is 1. The summed E-state index contributed by atoms with van der Waals surface area (Å²) in [7, 11) is 0. The van der Waals surface area contributed by atoms with Crippen LogP contribution in [0.5, 0.6) is 11.6 Å². The number of ether oxygens (including phenoxy) is 2. The number of aromatic hydroxyl groups is 1. The van der Waals surface area contributed by atoms with Crippen LogP contribution in [0, 0.1) is 0 Å². The summed E-state index contributed by atoms with van der Waals surface area (Å²) in [5.41, 5.74) is -0.728. The van der Waals surface area contributed by atoms with E-state index in [0.717, 1.165) is 0 Å². The van der Waals surface area contributed by atoms with E-state index in [1.54, 1.807) is 45.0 Å². The van der Waals surface area contributed by atoms with Crippen molar-refractivity contribution in [2.24, 2.45) is 0 Å². The number of carboxylic acids is 1. The highest BCUT2D eigenvalue weighted by atomic mass is 16.6. The quantitative estimate of drug-likeness (QED) is 0.850. The molecule has 2 atom stereocenters. The van der Waals surface area contributed by atoms with E-state index in [1.807, 2.05) is 0 Å². The van der Waals surface area contributed by atoms with Crippen LogP contribution in [-0.4, -0.2) is 56.5 Å². The zero-order chi connectivity index (χ0) is 19.8. The predicted octanol–water partition coefficient (Wildman–Crippen LogP) is 2.78. The maximum Gasteiger partial charge on any atom is 0.411 e. The molecule has 0 saturated carbocycles. The lowest BCUT2D eigenvalue weighted by Crippen LogP contribution is -2.43. The van der Waals surface area contributed by atoms with Gasteiger partial charge in [0.25, 0.3) is 0 Å². The van der Waals surface area contributed by atoms with Gasteiger partial charge in [-0.25, -0.2) is 14.6 Å². The first-order valence-corrected chi connectivity index (χ1v) is 8.61. The van der Waals surface area contributed by atoms with E-state index < -0.39 is 29.8 Å². The van der Waals surface area contributed by atoms with Gasteiger partial charge in [-0.05, 0) is 39.0 Å². The Balaban J connectivity index is 1.82. The fourth-order valence-electron chi connectivity index (χ4n) is 3.05. The average molecular weight is 374 g/mol. The summed E-state index contributed by atoms with van der Waals surface area (Å²) in [6.45, 7) is 5.23. The van der Waals surface area contributed by atoms with Crippen LogP contribution in [0.1, 0.15) is 27.2 Å². The monoisotopic (exact) mass is 374 g/mol. The van der Waals surface area contributed by atoms with Crippen molar-refractivity contribution in [3.05, 3.63) is 30.5 Å². The molecule has 0 aliphatic carbocycles. The maximum absolute atomic E-state index is 12.4. The second-order valence-corrected chi connectivity index (χ2v) is 7.45. The molecule has 0 radical (unpaired) electrons. The molecule has 2 heterocycles. The van der Waals surface area contributed by atoms with E-state index >= 15 is 0 Å². The number of rotatable bonds is 3. The molecule has 2 aromatic rings. The number of pyridine rings is 1. The molecule has 8 nitrogen and oxygen atoms in total. The molecule has 1 saturated heterocycles. The van der Waals surface area contributed by atoms with Gasteiger partial charge in [0.15, 0.2) is 0 Å². The molecule has 27 heavy (non-hydrogen) atoms. The summed E-state index contributed by atoms with van der Waals surface area (Å²) >= 11 is 0. The number of aliphatic carboxylic acids is 1. The van der Waals surface area contributed by atoms with E-state index in [-0.39, 0.29) is 24.6 Å². The molecular weight excluding hydrogens is 352 g/mol. The fraction of sp³-hybridized carbons (Fsp3) is 0.421. The Morgan fingerprint density at radius 3 is 2.63 bits per heavy atom. The van der Waals surface area contributed by atoms with Gasteiger partial charge in [0.2, 0.25) is 5.88 Å². The molecule has 0 spiro atoms. The Bertz CT molecular complexity index is 876. The molecule has 1 aliphatic rings. The van der Waals surface area contributed by atoms with Crippen LogP contribution in [0.4, 0.5) is 4.79 Å². The van der Waals surface area contributed by atoms with Crippen molar-refractivity contribution in [2.75, 3.05) is 6.54 Å². The first kappa shape index (κ1) is 18.8. The summed E-state index contributed by atoms with van der Waals surface area (Å²) in [6, 6.07) is 5.62. The summed E-state index contributed by atoms with van der Waals surface area (Å²) in [5, 5.41) is 20.6. The van der Waals surface area contributed by atoms with Gasteiger partial charge >= 0.3 is 12.1 Å². The third-order valence-electron chi connectivity index (χ3n) is 4.20. The summed E-state index contributed by atoms with van der Waals surface area (Å²) in [5.74, 6) is -0.732. The van der Waals surface area contributed by atoms with Crippen molar-refractivity contribution in [1.29, 1.82) is 0 Å². The van der Waals surface area contributed by atoms with Crippen LogP contribution in [0.25, 0.3) is 10.8 Å². The molecule has 1 amide bonds. The Morgan fingerprint density at radius 1 is 1.22 bits per heavy atom. The molecule has 0 unspecified atom stereocenters. The lowest BCUT2D eigenvalue weighted by Gasteiger charge is -2.26. The van der Waals surface area contributed by atoms with Gasteiger partial charge in [-0.1, -0.05) is 6.07 Å². The molecule has 0 bridgehead atoms. The average Bonchev–Trinajstić information content (AvgIpc) is 2.99. The molecule has 1 fully saturated rings. The molecule has 2 N–H and O–H groups in total. The number of amides is 1. The number of nitrogens with zero attached hydrogens (tertiary/aromatic N) is 2. The lowest BCUT2D eigenvalue weighted by atomic mass is 10.1. The number of benzene rings is 1. The number of phenols is 1. The SMILES string of the molecule is CC(C)(C)OC(=O)N1C[C@H](Oc2nccc3c(O)cccc23)C[C@H]1C(=O)O. The number of hydrogen-bond donors (Lipinski definition) is 2. The first-order chi connectivity index (χ1) is 12.7. The largest absolute Gasteiger partial charge is 0.507 e. The predicted molar refractivity (Wildman–Crippen MR) is 96.8 cm³/mol. The van der Waals surface area contributed by atoms with Crippen LogP contribution in [0.15, 0.2) is 30.5 Å². The second kappa shape index (κ2) is 6.94. The van der Waals surface area contributed by atoms with Crippen molar-refractivity contribution >= 4 is 22.8 Å². The van der Waals surface area contributed by atoms with Gasteiger partial charge in [-0.3, -0.25) is 4.90 Å². The molecule has 1 aromatic carbocycles. The third kappa shape index (κ3) is 4.05. The summed E-state index contributed by atoms with van der Waals surface area (Å²) in [6.07, 6.45) is 0.376. The number of carbonyl (C=O) groups is 2. The molecule has 8 heteroatoms. The number of hydrogen-bond acceptors (Lipinski definition) is 6. The van der Waals surface area contributed by atoms with Crippen LogP contribution >= 0.6 is 0 Å². The summed E-state index contributed by atoms with van der Waals surface area (Å²) < 4.78 is 11.2. The van der Waals surface area contributed by atoms with E-state index in [2.05, 4.69) is 4.98 Å². The molecule has 1 aliphatic heterocycles. The van der Waals surface area contributed by atoms with E-state index in [0.29, 0.717) is 10.8 Å². The molecule has 1 aromatic heterocycles. The zero-order valence-corrected chi connectivity index (χ0v) is 15.4. The Morgan fingerprint density at radius 2 is 1.96 bits per heavy atom. The number of aromatic nitrogens is 1. The van der Waals surface area contributed by atoms with Crippen molar-refractivity contribution in [2.45, 2.75) is 44.9 Å². The van der Waals surface area contributed by atoms with E-state index in [4.69, 9.17) is 9.47 Å². The summed E-state index contributed by atoms with van der Waals surface area (Å²) in [4.78, 5) is 29.3. The van der Waals surface area contributed by atoms with Gasteiger partial charge in [0.1, 0.15) is 23.5 Å². The van der Waals surface area contributed by atoms with Crippen molar-refractivity contribution in [3.8, 4) is 11.6 Å². The zero-order valence-electron chi connectivity index (χ0n) is 15.4. The van der Waals surface area contributed by atoms with Crippen LogP contribution < -0.4 is 4.74 Å². The smallest absolute Gasteiger partial charge is 0.411 e. The van der Waals surface area contributed by atoms with Crippen molar-refractivity contribution < 1.29 is 29.3 Å². The third-order valence-corrected chi connectivity index (χ3v) is 4.20. The van der Waals surface area contributed by atoms with E-state index in [1.165, 1.54) is 11.1 Å². The Hall–Kier alpha value is -3.03. The van der Waals surface area contributed by atoms with Gasteiger partial charge in [-0.15, -0.1) is 0 Å². The van der Waals surface area contributed by atoms with Crippen molar-refractivity contribution in [3.63, 3.8) is 0 Å². The van der Waals surface area contributed by atoms with Crippen LogP contribution in [-0.2, 0) is 9.53 Å². The Labute approximate surface area is 156 Å². The first-order valence-electron chi connectivity index (χ1n) is 8.61. The highest BCUT2D eigenvalue weighted by Gasteiger charge is 2.43. The maximum atomic E-state index is 12.4. The minimum Gasteiger partial charge on any atom is -0.507 e. The molecule has 3 rings (SSSR count). The lowest BCUT2D eigenvalue weighted by molar-refractivity contribution is -0.142. The van der Waals surface area contributed by atoms with Gasteiger partial charge in [0.05, 0.1) is 6.54 Å². The van der Waals surface area contributed by atoms with Gasteiger partial charge < -0.3 is 19.7 Å². The normalized spacial score (nSPS) is 19.9.